The summed E-state index contributed by atoms with van der Waals surface area (Å²) in [4.78, 5) is 20.6. The summed E-state index contributed by atoms with van der Waals surface area (Å²) in [5, 5.41) is 9.25. The summed E-state index contributed by atoms with van der Waals surface area (Å²) in [6, 6.07) is 4.33. The van der Waals surface area contributed by atoms with E-state index in [-0.39, 0.29) is 17.9 Å². The van der Waals surface area contributed by atoms with E-state index in [2.05, 4.69) is 4.74 Å². The van der Waals surface area contributed by atoms with Crippen LogP contribution in [0.2, 0.25) is 0 Å². The molecule has 0 aliphatic rings. The van der Waals surface area contributed by atoms with E-state index >= 15 is 0 Å². The standard InChI is InChI=1S/C9H9NO4/c10-9(13)14-5-6-1-2-7(4-11)8(12)3-6/h1-4,12H,5H2,(H2,10,13). The number of rotatable bonds is 3. The number of primary amides is 1. The molecular formula is C9H9NO4. The van der Waals surface area contributed by atoms with Crippen LogP contribution >= 0.6 is 0 Å². The minimum absolute atomic E-state index is 0.0258. The number of nitrogens with two attached hydrogens (primary N) is 1. The van der Waals surface area contributed by atoms with Crippen molar-refractivity contribution in [1.82, 2.24) is 0 Å². The lowest BCUT2D eigenvalue weighted by atomic mass is 10.1. The quantitative estimate of drug-likeness (QED) is 0.698. The van der Waals surface area contributed by atoms with Gasteiger partial charge in [0.25, 0.3) is 0 Å². The van der Waals surface area contributed by atoms with Gasteiger partial charge in [-0.05, 0) is 17.7 Å². The first kappa shape index (κ1) is 10.0. The van der Waals surface area contributed by atoms with Gasteiger partial charge in [0, 0.05) is 0 Å². The third-order valence-electron chi connectivity index (χ3n) is 1.60. The number of carbonyl (C=O) groups excluding carboxylic acids is 2. The van der Waals surface area contributed by atoms with Gasteiger partial charge >= 0.3 is 6.09 Å². The number of benzene rings is 1. The van der Waals surface area contributed by atoms with Crippen molar-refractivity contribution in [3.8, 4) is 5.75 Å². The molecule has 0 atom stereocenters. The van der Waals surface area contributed by atoms with E-state index in [1.807, 2.05) is 0 Å². The number of aldehydes is 1. The molecule has 0 unspecified atom stereocenters. The fourth-order valence-corrected chi connectivity index (χ4v) is 0.933. The summed E-state index contributed by atoms with van der Waals surface area (Å²) >= 11 is 0. The number of aromatic hydroxyl groups is 1. The molecule has 0 aliphatic heterocycles. The summed E-state index contributed by atoms with van der Waals surface area (Å²) in [6.45, 7) is -0.0258. The number of hydrogen-bond acceptors (Lipinski definition) is 4. The Morgan fingerprint density at radius 2 is 2.29 bits per heavy atom. The Morgan fingerprint density at radius 3 is 2.79 bits per heavy atom. The monoisotopic (exact) mass is 195 g/mol. The Kier molecular flexibility index (Phi) is 3.06. The minimum Gasteiger partial charge on any atom is -0.507 e. The zero-order valence-corrected chi connectivity index (χ0v) is 7.27. The highest BCUT2D eigenvalue weighted by Gasteiger charge is 2.02. The lowest BCUT2D eigenvalue weighted by molar-refractivity contribution is 0.112. The molecule has 1 aromatic rings. The normalized spacial score (nSPS) is 9.43. The topological polar surface area (TPSA) is 89.6 Å². The number of carbonyl (C=O) groups is 2. The molecule has 1 rings (SSSR count). The van der Waals surface area contributed by atoms with Crippen molar-refractivity contribution in [2.75, 3.05) is 0 Å². The average molecular weight is 195 g/mol. The van der Waals surface area contributed by atoms with E-state index in [0.29, 0.717) is 11.8 Å². The van der Waals surface area contributed by atoms with E-state index in [1.54, 1.807) is 6.07 Å². The predicted molar refractivity (Wildman–Crippen MR) is 47.9 cm³/mol. The molecule has 0 saturated carbocycles. The van der Waals surface area contributed by atoms with Gasteiger partial charge in [0.15, 0.2) is 6.29 Å². The molecule has 1 aromatic carbocycles. The second-order valence-electron chi connectivity index (χ2n) is 2.62. The molecule has 0 spiro atoms. The van der Waals surface area contributed by atoms with Crippen LogP contribution in [0.4, 0.5) is 4.79 Å². The first-order chi connectivity index (χ1) is 6.63. The van der Waals surface area contributed by atoms with Crippen molar-refractivity contribution in [1.29, 1.82) is 0 Å². The molecule has 5 heteroatoms. The van der Waals surface area contributed by atoms with Gasteiger partial charge < -0.3 is 15.6 Å². The summed E-state index contributed by atoms with van der Waals surface area (Å²) in [6.07, 6.45) is -0.349. The van der Waals surface area contributed by atoms with E-state index in [9.17, 15) is 14.7 Å². The van der Waals surface area contributed by atoms with Gasteiger partial charge in [-0.3, -0.25) is 4.79 Å². The van der Waals surface area contributed by atoms with Crippen molar-refractivity contribution in [2.45, 2.75) is 6.61 Å². The Bertz CT molecular complexity index is 362. The molecule has 3 N–H and O–H groups in total. The highest BCUT2D eigenvalue weighted by molar-refractivity contribution is 5.79. The number of amides is 1. The smallest absolute Gasteiger partial charge is 0.404 e. The Morgan fingerprint density at radius 1 is 1.57 bits per heavy atom. The molecule has 0 bridgehead atoms. The van der Waals surface area contributed by atoms with Gasteiger partial charge in [0.05, 0.1) is 5.56 Å². The van der Waals surface area contributed by atoms with E-state index in [1.165, 1.54) is 12.1 Å². The van der Waals surface area contributed by atoms with Crippen LogP contribution in [0.1, 0.15) is 15.9 Å². The van der Waals surface area contributed by atoms with E-state index < -0.39 is 6.09 Å². The maximum atomic E-state index is 10.3. The zero-order chi connectivity index (χ0) is 10.6. The largest absolute Gasteiger partial charge is 0.507 e. The van der Waals surface area contributed by atoms with Crippen LogP contribution in [0.5, 0.6) is 5.75 Å². The summed E-state index contributed by atoms with van der Waals surface area (Å²) in [7, 11) is 0. The van der Waals surface area contributed by atoms with Gasteiger partial charge in [-0.25, -0.2) is 4.79 Å². The van der Waals surface area contributed by atoms with Gasteiger partial charge in [0.2, 0.25) is 0 Å². The van der Waals surface area contributed by atoms with E-state index in [4.69, 9.17) is 5.73 Å². The van der Waals surface area contributed by atoms with Crippen LogP contribution in [0, 0.1) is 0 Å². The number of ether oxygens (including phenoxy) is 1. The fourth-order valence-electron chi connectivity index (χ4n) is 0.933. The molecule has 1 amide bonds. The Labute approximate surface area is 80.1 Å². The minimum atomic E-state index is -0.885. The van der Waals surface area contributed by atoms with Crippen molar-refractivity contribution >= 4 is 12.4 Å². The van der Waals surface area contributed by atoms with E-state index in [0.717, 1.165) is 0 Å². The molecule has 0 saturated heterocycles. The lowest BCUT2D eigenvalue weighted by Gasteiger charge is -2.03. The number of phenolic OH excluding ortho intramolecular Hbond substituents is 1. The van der Waals surface area contributed by atoms with Gasteiger partial charge in [0.1, 0.15) is 12.4 Å². The first-order valence-electron chi connectivity index (χ1n) is 3.83. The van der Waals surface area contributed by atoms with Crippen molar-refractivity contribution in [2.24, 2.45) is 5.73 Å². The van der Waals surface area contributed by atoms with Crippen molar-refractivity contribution < 1.29 is 19.4 Å². The average Bonchev–Trinajstić information content (AvgIpc) is 2.15. The number of phenols is 1. The first-order valence-corrected chi connectivity index (χ1v) is 3.83. The molecule has 74 valence electrons. The second kappa shape index (κ2) is 4.27. The third kappa shape index (κ3) is 2.48. The lowest BCUT2D eigenvalue weighted by Crippen LogP contribution is -2.12. The predicted octanol–water partition coefficient (Wildman–Crippen LogP) is 0.800. The second-order valence-corrected chi connectivity index (χ2v) is 2.62. The van der Waals surface area contributed by atoms with Gasteiger partial charge in [-0.2, -0.15) is 0 Å². The summed E-state index contributed by atoms with van der Waals surface area (Å²) in [5.41, 5.74) is 5.50. The SMILES string of the molecule is NC(=O)OCc1ccc(C=O)c(O)c1. The van der Waals surface area contributed by atoms with Crippen LogP contribution in [0.25, 0.3) is 0 Å². The third-order valence-corrected chi connectivity index (χ3v) is 1.60. The molecule has 14 heavy (non-hydrogen) atoms. The molecule has 5 nitrogen and oxygen atoms in total. The van der Waals surface area contributed by atoms with Crippen LogP contribution in [-0.4, -0.2) is 17.5 Å². The Balaban J connectivity index is 2.76. The molecule has 0 aliphatic carbocycles. The fraction of sp³-hybridized carbons (Fsp3) is 0.111. The zero-order valence-electron chi connectivity index (χ0n) is 7.27. The van der Waals surface area contributed by atoms with Gasteiger partial charge in [-0.1, -0.05) is 6.07 Å². The van der Waals surface area contributed by atoms with Crippen LogP contribution in [0.15, 0.2) is 18.2 Å². The molecular weight excluding hydrogens is 186 g/mol. The van der Waals surface area contributed by atoms with Gasteiger partial charge in [-0.15, -0.1) is 0 Å². The molecule has 0 fully saturated rings. The summed E-state index contributed by atoms with van der Waals surface area (Å²) < 4.78 is 4.50. The van der Waals surface area contributed by atoms with Crippen LogP contribution in [-0.2, 0) is 11.3 Å². The van der Waals surface area contributed by atoms with Crippen molar-refractivity contribution in [3.63, 3.8) is 0 Å². The highest BCUT2D eigenvalue weighted by Crippen LogP contribution is 2.17. The molecule has 0 radical (unpaired) electrons. The Hall–Kier alpha value is -2.04. The van der Waals surface area contributed by atoms with Crippen LogP contribution < -0.4 is 5.73 Å². The highest BCUT2D eigenvalue weighted by atomic mass is 16.5. The summed E-state index contributed by atoms with van der Waals surface area (Å²) in [5.74, 6) is -0.148. The molecule has 0 heterocycles. The molecule has 0 aromatic heterocycles. The number of hydrogen-bond donors (Lipinski definition) is 2. The van der Waals surface area contributed by atoms with Crippen molar-refractivity contribution in [3.05, 3.63) is 29.3 Å². The van der Waals surface area contributed by atoms with Crippen LogP contribution in [0.3, 0.4) is 0 Å². The maximum absolute atomic E-state index is 10.3. The maximum Gasteiger partial charge on any atom is 0.404 e.